The van der Waals surface area contributed by atoms with Crippen LogP contribution in [0.5, 0.6) is 5.75 Å². The first-order valence-electron chi connectivity index (χ1n) is 10.2. The zero-order valence-corrected chi connectivity index (χ0v) is 17.9. The number of para-hydroxylation sites is 1. The van der Waals surface area contributed by atoms with Gasteiger partial charge in [-0.15, -0.1) is 0 Å². The van der Waals surface area contributed by atoms with Crippen LogP contribution in [0.2, 0.25) is 0 Å². The molecule has 2 aromatic rings. The number of hydrogen-bond donors (Lipinski definition) is 0. The zero-order valence-electron chi connectivity index (χ0n) is 17.9. The molecule has 29 heavy (non-hydrogen) atoms. The van der Waals surface area contributed by atoms with Crippen molar-refractivity contribution < 1.29 is 9.53 Å². The molecule has 5 nitrogen and oxygen atoms in total. The molecule has 1 amide bonds. The molecule has 3 rings (SSSR count). The summed E-state index contributed by atoms with van der Waals surface area (Å²) in [6, 6.07) is 18.2. The Hall–Kier alpha value is -2.82. The monoisotopic (exact) mass is 393 g/mol. The van der Waals surface area contributed by atoms with Gasteiger partial charge in [0.25, 0.3) is 0 Å². The largest absolute Gasteiger partial charge is 0.497 e. The Morgan fingerprint density at radius 1 is 1.14 bits per heavy atom. The number of benzene rings is 2. The molecule has 0 radical (unpaired) electrons. The first-order chi connectivity index (χ1) is 13.9. The molecule has 0 aliphatic carbocycles. The molecule has 1 aliphatic heterocycles. The smallest absolute Gasteiger partial charge is 0.243 e. The second kappa shape index (κ2) is 9.12. The Bertz CT molecular complexity index is 861. The van der Waals surface area contributed by atoms with E-state index in [0.717, 1.165) is 42.8 Å². The van der Waals surface area contributed by atoms with Crippen LogP contribution in [-0.2, 0) is 4.79 Å². The lowest BCUT2D eigenvalue weighted by molar-refractivity contribution is -0.135. The molecule has 0 saturated heterocycles. The normalized spacial score (nSPS) is 15.2. The average Bonchev–Trinajstić information content (AvgIpc) is 3.07. The highest BCUT2D eigenvalue weighted by molar-refractivity contribution is 6.03. The predicted octanol–water partition coefficient (Wildman–Crippen LogP) is 4.72. The van der Waals surface area contributed by atoms with Gasteiger partial charge in [0.2, 0.25) is 5.91 Å². The van der Waals surface area contributed by atoms with Crippen LogP contribution in [0, 0.1) is 0 Å². The van der Waals surface area contributed by atoms with Crippen LogP contribution in [0.3, 0.4) is 0 Å². The van der Waals surface area contributed by atoms with Crippen LogP contribution in [0.25, 0.3) is 0 Å². The van der Waals surface area contributed by atoms with Crippen molar-refractivity contribution >= 4 is 17.3 Å². The van der Waals surface area contributed by atoms with E-state index in [0.29, 0.717) is 6.42 Å². The molecule has 0 saturated carbocycles. The number of hydrogen-bond acceptors (Lipinski definition) is 4. The SMILES string of the molecule is COc1cccc(C2=NN(C(=O)CCCCN(C)c3ccccc3)C(C)(C)C2)c1. The number of amides is 1. The summed E-state index contributed by atoms with van der Waals surface area (Å²) in [7, 11) is 3.75. The second-order valence-corrected chi connectivity index (χ2v) is 8.19. The van der Waals surface area contributed by atoms with E-state index in [1.54, 1.807) is 12.1 Å². The fourth-order valence-electron chi connectivity index (χ4n) is 3.67. The van der Waals surface area contributed by atoms with Gasteiger partial charge in [0.05, 0.1) is 18.4 Å². The number of ether oxygens (including phenoxy) is 1. The Morgan fingerprint density at radius 2 is 1.90 bits per heavy atom. The van der Waals surface area contributed by atoms with Crippen molar-refractivity contribution in [1.82, 2.24) is 5.01 Å². The highest BCUT2D eigenvalue weighted by atomic mass is 16.5. The minimum Gasteiger partial charge on any atom is -0.497 e. The summed E-state index contributed by atoms with van der Waals surface area (Å²) in [4.78, 5) is 15.1. The standard InChI is InChI=1S/C24H31N3O2/c1-24(2)18-22(19-11-10-14-21(17-19)29-4)25-27(24)23(28)15-8-9-16-26(3)20-12-6-5-7-13-20/h5-7,10-14,17H,8-9,15-16,18H2,1-4H3. The summed E-state index contributed by atoms with van der Waals surface area (Å²) < 4.78 is 5.32. The topological polar surface area (TPSA) is 45.1 Å². The lowest BCUT2D eigenvalue weighted by Gasteiger charge is -2.28. The predicted molar refractivity (Wildman–Crippen MR) is 119 cm³/mol. The minimum atomic E-state index is -0.309. The Kier molecular flexibility index (Phi) is 6.57. The average molecular weight is 394 g/mol. The highest BCUT2D eigenvalue weighted by Crippen LogP contribution is 2.31. The van der Waals surface area contributed by atoms with Crippen molar-refractivity contribution in [2.75, 3.05) is 25.6 Å². The number of anilines is 1. The molecule has 1 heterocycles. The van der Waals surface area contributed by atoms with Gasteiger partial charge in [0.1, 0.15) is 5.75 Å². The Labute approximate surface area is 174 Å². The highest BCUT2D eigenvalue weighted by Gasteiger charge is 2.38. The van der Waals surface area contributed by atoms with E-state index in [2.05, 4.69) is 43.0 Å². The first-order valence-corrected chi connectivity index (χ1v) is 10.2. The molecule has 0 unspecified atom stereocenters. The van der Waals surface area contributed by atoms with Crippen LogP contribution < -0.4 is 9.64 Å². The van der Waals surface area contributed by atoms with E-state index in [1.807, 2.05) is 42.5 Å². The van der Waals surface area contributed by atoms with Crippen LogP contribution >= 0.6 is 0 Å². The Balaban J connectivity index is 1.55. The first kappa shape index (κ1) is 20.9. The number of methoxy groups -OCH3 is 1. The van der Waals surface area contributed by atoms with Gasteiger partial charge in [-0.05, 0) is 51.0 Å². The number of rotatable bonds is 8. The minimum absolute atomic E-state index is 0.0928. The fraction of sp³-hybridized carbons (Fsp3) is 0.417. The third-order valence-electron chi connectivity index (χ3n) is 5.36. The molecule has 1 aliphatic rings. The van der Waals surface area contributed by atoms with Crippen molar-refractivity contribution in [2.24, 2.45) is 5.10 Å². The third kappa shape index (κ3) is 5.17. The molecule has 0 fully saturated rings. The molecular formula is C24H31N3O2. The summed E-state index contributed by atoms with van der Waals surface area (Å²) in [5.74, 6) is 0.894. The van der Waals surface area contributed by atoms with Crippen LogP contribution in [-0.4, -0.2) is 42.9 Å². The second-order valence-electron chi connectivity index (χ2n) is 8.19. The maximum absolute atomic E-state index is 12.9. The van der Waals surface area contributed by atoms with Gasteiger partial charge < -0.3 is 9.64 Å². The van der Waals surface area contributed by atoms with E-state index >= 15 is 0 Å². The number of hydrazone groups is 1. The van der Waals surface area contributed by atoms with Crippen molar-refractivity contribution in [2.45, 2.75) is 45.1 Å². The number of nitrogens with zero attached hydrogens (tertiary/aromatic N) is 3. The fourth-order valence-corrected chi connectivity index (χ4v) is 3.67. The van der Waals surface area contributed by atoms with E-state index in [1.165, 1.54) is 5.69 Å². The number of unbranched alkanes of at least 4 members (excludes halogenated alkanes) is 1. The number of carbonyl (C=O) groups is 1. The van der Waals surface area contributed by atoms with E-state index in [-0.39, 0.29) is 11.4 Å². The summed E-state index contributed by atoms with van der Waals surface area (Å²) in [5.41, 5.74) is 2.84. The summed E-state index contributed by atoms with van der Waals surface area (Å²) in [6.45, 7) is 5.08. The zero-order chi connectivity index (χ0) is 20.9. The molecular weight excluding hydrogens is 362 g/mol. The molecule has 0 spiro atoms. The van der Waals surface area contributed by atoms with Crippen LogP contribution in [0.1, 0.15) is 45.1 Å². The molecule has 0 atom stereocenters. The van der Waals surface area contributed by atoms with Gasteiger partial charge in [-0.25, -0.2) is 5.01 Å². The molecule has 0 N–H and O–H groups in total. The molecule has 0 bridgehead atoms. The molecule has 2 aromatic carbocycles. The molecule has 154 valence electrons. The van der Waals surface area contributed by atoms with Gasteiger partial charge in [0, 0.05) is 37.7 Å². The molecule has 0 aromatic heterocycles. The van der Waals surface area contributed by atoms with Crippen LogP contribution in [0.15, 0.2) is 59.7 Å². The maximum atomic E-state index is 12.9. The van der Waals surface area contributed by atoms with E-state index in [4.69, 9.17) is 4.74 Å². The third-order valence-corrected chi connectivity index (χ3v) is 5.36. The summed E-state index contributed by atoms with van der Waals surface area (Å²) in [6.07, 6.45) is 3.08. The van der Waals surface area contributed by atoms with Crippen molar-refractivity contribution in [3.8, 4) is 5.75 Å². The van der Waals surface area contributed by atoms with Crippen molar-refractivity contribution in [3.63, 3.8) is 0 Å². The van der Waals surface area contributed by atoms with Gasteiger partial charge in [-0.3, -0.25) is 4.79 Å². The van der Waals surface area contributed by atoms with Gasteiger partial charge >= 0.3 is 0 Å². The van der Waals surface area contributed by atoms with E-state index in [9.17, 15) is 4.79 Å². The quantitative estimate of drug-likeness (QED) is 0.610. The lowest BCUT2D eigenvalue weighted by atomic mass is 9.94. The van der Waals surface area contributed by atoms with E-state index < -0.39 is 0 Å². The van der Waals surface area contributed by atoms with Gasteiger partial charge in [-0.2, -0.15) is 5.10 Å². The van der Waals surface area contributed by atoms with Crippen LogP contribution in [0.4, 0.5) is 5.69 Å². The summed E-state index contributed by atoms with van der Waals surface area (Å²) >= 11 is 0. The Morgan fingerprint density at radius 3 is 2.62 bits per heavy atom. The van der Waals surface area contributed by atoms with Crippen molar-refractivity contribution in [3.05, 3.63) is 60.2 Å². The summed E-state index contributed by atoms with van der Waals surface area (Å²) in [5, 5.41) is 6.37. The maximum Gasteiger partial charge on any atom is 0.243 e. The molecule has 5 heteroatoms. The van der Waals surface area contributed by atoms with Crippen molar-refractivity contribution in [1.29, 1.82) is 0 Å². The lowest BCUT2D eigenvalue weighted by Crippen LogP contribution is -2.40. The van der Waals surface area contributed by atoms with Gasteiger partial charge in [-0.1, -0.05) is 30.3 Å². The number of carbonyl (C=O) groups excluding carboxylic acids is 1. The van der Waals surface area contributed by atoms with Gasteiger partial charge in [0.15, 0.2) is 0 Å².